The van der Waals surface area contributed by atoms with Crippen molar-refractivity contribution in [2.45, 2.75) is 65.1 Å². The Kier molecular flexibility index (Phi) is 6.74. The lowest BCUT2D eigenvalue weighted by Gasteiger charge is -2.28. The second-order valence-electron chi connectivity index (χ2n) is 7.72. The van der Waals surface area contributed by atoms with E-state index in [2.05, 4.69) is 24.4 Å². The van der Waals surface area contributed by atoms with E-state index in [1.54, 1.807) is 0 Å². The summed E-state index contributed by atoms with van der Waals surface area (Å²) in [5.41, 5.74) is 3.30. The van der Waals surface area contributed by atoms with Gasteiger partial charge in [-0.1, -0.05) is 37.3 Å². The maximum atomic E-state index is 13.0. The summed E-state index contributed by atoms with van der Waals surface area (Å²) >= 11 is 0. The highest BCUT2D eigenvalue weighted by Gasteiger charge is 2.42. The smallest absolute Gasteiger partial charge is 0.256 e. The maximum absolute atomic E-state index is 13.0. The number of hydrogen-bond donors (Lipinski definition) is 1. The number of amides is 1. The predicted molar refractivity (Wildman–Crippen MR) is 113 cm³/mol. The second kappa shape index (κ2) is 9.24. The molecule has 0 heterocycles. The van der Waals surface area contributed by atoms with Crippen molar-refractivity contribution in [3.63, 3.8) is 0 Å². The molecule has 0 spiro atoms. The second-order valence-corrected chi connectivity index (χ2v) is 7.72. The Morgan fingerprint density at radius 2 is 1.71 bits per heavy atom. The van der Waals surface area contributed by atoms with Crippen LogP contribution in [0.2, 0.25) is 0 Å². The van der Waals surface area contributed by atoms with Crippen LogP contribution in [-0.2, 0) is 16.1 Å². The third-order valence-electron chi connectivity index (χ3n) is 5.35. The molecule has 28 heavy (non-hydrogen) atoms. The average molecular weight is 382 g/mol. The SMILES string of the molecule is CCCOC1(C(=O)Nc2cc(C)c(OCc3ccccc3)c(C)c2)CCCC1. The molecular formula is C24H31NO3. The molecule has 2 aromatic carbocycles. The Bertz CT molecular complexity index is 772. The normalized spacial score (nSPS) is 15.4. The third-order valence-corrected chi connectivity index (χ3v) is 5.35. The van der Waals surface area contributed by atoms with Crippen molar-refractivity contribution < 1.29 is 14.3 Å². The molecule has 4 heteroatoms. The van der Waals surface area contributed by atoms with Crippen molar-refractivity contribution in [1.29, 1.82) is 0 Å². The van der Waals surface area contributed by atoms with Crippen LogP contribution in [0.3, 0.4) is 0 Å². The lowest BCUT2D eigenvalue weighted by molar-refractivity contribution is -0.140. The first-order valence-corrected chi connectivity index (χ1v) is 10.3. The quantitative estimate of drug-likeness (QED) is 0.651. The summed E-state index contributed by atoms with van der Waals surface area (Å²) in [4.78, 5) is 13.0. The van der Waals surface area contributed by atoms with Gasteiger partial charge in [0.25, 0.3) is 5.91 Å². The molecule has 0 bridgehead atoms. The van der Waals surface area contributed by atoms with E-state index in [-0.39, 0.29) is 5.91 Å². The van der Waals surface area contributed by atoms with Gasteiger partial charge in [0.15, 0.2) is 0 Å². The van der Waals surface area contributed by atoms with Crippen LogP contribution in [-0.4, -0.2) is 18.1 Å². The highest BCUT2D eigenvalue weighted by atomic mass is 16.5. The monoisotopic (exact) mass is 381 g/mol. The molecule has 3 rings (SSSR count). The van der Waals surface area contributed by atoms with Gasteiger partial charge in [0.05, 0.1) is 0 Å². The van der Waals surface area contributed by atoms with Crippen LogP contribution < -0.4 is 10.1 Å². The van der Waals surface area contributed by atoms with Gasteiger partial charge in [-0.2, -0.15) is 0 Å². The molecule has 0 aromatic heterocycles. The number of benzene rings is 2. The molecule has 0 radical (unpaired) electrons. The standard InChI is InChI=1S/C24H31NO3/c1-4-14-28-24(12-8-9-13-24)23(26)25-21-15-18(2)22(19(3)16-21)27-17-20-10-6-5-7-11-20/h5-7,10-11,15-16H,4,8-9,12-14,17H2,1-3H3,(H,25,26). The predicted octanol–water partition coefficient (Wildman–Crippen LogP) is 5.56. The van der Waals surface area contributed by atoms with Crippen molar-refractivity contribution in [1.82, 2.24) is 0 Å². The summed E-state index contributed by atoms with van der Waals surface area (Å²) < 4.78 is 12.1. The van der Waals surface area contributed by atoms with Gasteiger partial charge in [0, 0.05) is 12.3 Å². The molecule has 2 aromatic rings. The lowest BCUT2D eigenvalue weighted by atomic mass is 10.00. The highest BCUT2D eigenvalue weighted by molar-refractivity contribution is 5.97. The topological polar surface area (TPSA) is 47.6 Å². The fraction of sp³-hybridized carbons (Fsp3) is 0.458. The lowest BCUT2D eigenvalue weighted by Crippen LogP contribution is -2.43. The number of hydrogen-bond acceptors (Lipinski definition) is 3. The summed E-state index contributed by atoms with van der Waals surface area (Å²) in [5.74, 6) is 0.856. The van der Waals surface area contributed by atoms with E-state index in [4.69, 9.17) is 9.47 Å². The van der Waals surface area contributed by atoms with Gasteiger partial charge >= 0.3 is 0 Å². The van der Waals surface area contributed by atoms with E-state index in [1.807, 2.05) is 44.2 Å². The van der Waals surface area contributed by atoms with Crippen LogP contribution in [0.5, 0.6) is 5.75 Å². The zero-order chi connectivity index (χ0) is 20.0. The van der Waals surface area contributed by atoms with Crippen LogP contribution in [0.15, 0.2) is 42.5 Å². The number of nitrogens with one attached hydrogen (secondary N) is 1. The molecule has 1 amide bonds. The van der Waals surface area contributed by atoms with Gasteiger partial charge in [-0.15, -0.1) is 0 Å². The minimum Gasteiger partial charge on any atom is -0.488 e. The average Bonchev–Trinajstić information content (AvgIpc) is 3.17. The fourth-order valence-corrected chi connectivity index (χ4v) is 3.91. The van der Waals surface area contributed by atoms with Crippen molar-refractivity contribution in [2.24, 2.45) is 0 Å². The van der Waals surface area contributed by atoms with Crippen molar-refractivity contribution in [3.8, 4) is 5.75 Å². The van der Waals surface area contributed by atoms with E-state index >= 15 is 0 Å². The van der Waals surface area contributed by atoms with Gasteiger partial charge < -0.3 is 14.8 Å². The Morgan fingerprint density at radius 3 is 2.32 bits per heavy atom. The van der Waals surface area contributed by atoms with E-state index in [0.29, 0.717) is 13.2 Å². The Morgan fingerprint density at radius 1 is 1.07 bits per heavy atom. The van der Waals surface area contributed by atoms with Crippen LogP contribution in [0, 0.1) is 13.8 Å². The van der Waals surface area contributed by atoms with Gasteiger partial charge in [0.2, 0.25) is 0 Å². The molecule has 1 aliphatic carbocycles. The molecule has 0 saturated heterocycles. The summed E-state index contributed by atoms with van der Waals surface area (Å²) in [7, 11) is 0. The number of ether oxygens (including phenoxy) is 2. The zero-order valence-corrected chi connectivity index (χ0v) is 17.2. The van der Waals surface area contributed by atoms with Crippen LogP contribution >= 0.6 is 0 Å². The minimum absolute atomic E-state index is 0.0183. The summed E-state index contributed by atoms with van der Waals surface area (Å²) in [6.07, 6.45) is 4.60. The van der Waals surface area contributed by atoms with Crippen LogP contribution in [0.4, 0.5) is 5.69 Å². The Labute approximate surface area is 168 Å². The van der Waals surface area contributed by atoms with Gasteiger partial charge in [0.1, 0.15) is 18.0 Å². The summed E-state index contributed by atoms with van der Waals surface area (Å²) in [6, 6.07) is 14.1. The first kappa shape index (κ1) is 20.4. The number of rotatable bonds is 8. The number of anilines is 1. The van der Waals surface area contributed by atoms with Gasteiger partial charge in [-0.3, -0.25) is 4.79 Å². The zero-order valence-electron chi connectivity index (χ0n) is 17.2. The third kappa shape index (κ3) is 4.74. The molecule has 1 aliphatic rings. The van der Waals surface area contributed by atoms with Gasteiger partial charge in [-0.05, 0) is 74.8 Å². The van der Waals surface area contributed by atoms with E-state index in [1.165, 1.54) is 0 Å². The molecule has 1 fully saturated rings. The Balaban J connectivity index is 1.70. The number of carbonyl (C=O) groups excluding carboxylic acids is 1. The van der Waals surface area contributed by atoms with Gasteiger partial charge in [-0.25, -0.2) is 0 Å². The summed E-state index contributed by atoms with van der Waals surface area (Å²) in [6.45, 7) is 7.26. The molecule has 1 N–H and O–H groups in total. The molecule has 0 unspecified atom stereocenters. The number of aryl methyl sites for hydroxylation is 2. The van der Waals surface area contributed by atoms with Crippen LogP contribution in [0.1, 0.15) is 55.7 Å². The molecule has 0 aliphatic heterocycles. The van der Waals surface area contributed by atoms with Crippen LogP contribution in [0.25, 0.3) is 0 Å². The largest absolute Gasteiger partial charge is 0.488 e. The van der Waals surface area contributed by atoms with Crippen molar-refractivity contribution in [3.05, 3.63) is 59.2 Å². The molecule has 4 nitrogen and oxygen atoms in total. The van der Waals surface area contributed by atoms with E-state index in [0.717, 1.165) is 60.2 Å². The highest BCUT2D eigenvalue weighted by Crippen LogP contribution is 2.35. The maximum Gasteiger partial charge on any atom is 0.256 e. The fourth-order valence-electron chi connectivity index (χ4n) is 3.91. The van der Waals surface area contributed by atoms with E-state index in [9.17, 15) is 4.79 Å². The molecule has 1 saturated carbocycles. The molecule has 150 valence electrons. The molecular weight excluding hydrogens is 350 g/mol. The molecule has 0 atom stereocenters. The summed E-state index contributed by atoms with van der Waals surface area (Å²) in [5, 5.41) is 3.10. The Hall–Kier alpha value is -2.33. The first-order valence-electron chi connectivity index (χ1n) is 10.3. The first-order chi connectivity index (χ1) is 13.5. The van der Waals surface area contributed by atoms with Crippen molar-refractivity contribution >= 4 is 11.6 Å². The van der Waals surface area contributed by atoms with Crippen molar-refractivity contribution in [2.75, 3.05) is 11.9 Å². The minimum atomic E-state index is -0.666. The number of carbonyl (C=O) groups is 1. The van der Waals surface area contributed by atoms with E-state index < -0.39 is 5.60 Å².